The fraction of sp³-hybridized carbons (Fsp3) is 0.190. The number of benzene rings is 2. The first-order valence-corrected chi connectivity index (χ1v) is 8.39. The van der Waals surface area contributed by atoms with Crippen LogP contribution in [0, 0.1) is 29.6 Å². The van der Waals surface area contributed by atoms with E-state index in [1.807, 2.05) is 43.3 Å². The molecule has 2 aromatic carbocycles. The number of aromatic hydroxyl groups is 1. The van der Waals surface area contributed by atoms with E-state index in [-0.39, 0.29) is 17.4 Å². The van der Waals surface area contributed by atoms with Crippen LogP contribution in [0.4, 0.5) is 0 Å². The van der Waals surface area contributed by atoms with Gasteiger partial charge in [-0.1, -0.05) is 47.6 Å². The lowest BCUT2D eigenvalue weighted by molar-refractivity contribution is 0.373. The monoisotopic (exact) mass is 343 g/mol. The molecule has 3 atom stereocenters. The molecule has 0 saturated carbocycles. The molecular weight excluding hydrogens is 326 g/mol. The summed E-state index contributed by atoms with van der Waals surface area (Å²) in [6.45, 7) is 1.86. The number of phenolic OH excluding ortho intramolecular Hbond substituents is 1. The molecular formula is C21H17N3O2. The second kappa shape index (κ2) is 6.16. The maximum Gasteiger partial charge on any atom is 0.153 e. The van der Waals surface area contributed by atoms with Crippen molar-refractivity contribution in [2.75, 3.05) is 0 Å². The molecule has 4 rings (SSSR count). The highest BCUT2D eigenvalue weighted by atomic mass is 16.5. The highest BCUT2D eigenvalue weighted by Crippen LogP contribution is 2.47. The van der Waals surface area contributed by atoms with Crippen LogP contribution >= 0.6 is 0 Å². The standard InChI is InChI=1S/C21H17N3O2/c1-12-17-18(13-6-3-2-4-7-13)16(11-22)20(23)19(21(17)26-24-12)14-8-5-9-15(25)10-14/h2-10,16,18-19,23,25H,1H3/t16?,18-,19+/m0/s1. The van der Waals surface area contributed by atoms with Gasteiger partial charge in [-0.05, 0) is 30.2 Å². The Morgan fingerprint density at radius 3 is 2.54 bits per heavy atom. The molecule has 0 radical (unpaired) electrons. The Hall–Kier alpha value is -3.39. The van der Waals surface area contributed by atoms with Crippen molar-refractivity contribution in [3.05, 3.63) is 82.7 Å². The minimum absolute atomic E-state index is 0.117. The van der Waals surface area contributed by atoms with Crippen molar-refractivity contribution in [3.8, 4) is 11.8 Å². The molecule has 0 aliphatic heterocycles. The Balaban J connectivity index is 1.95. The average Bonchev–Trinajstić information content (AvgIpc) is 3.02. The van der Waals surface area contributed by atoms with Gasteiger partial charge in [0.1, 0.15) is 5.75 Å². The Morgan fingerprint density at radius 1 is 1.12 bits per heavy atom. The molecule has 0 saturated heterocycles. The number of nitrogens with zero attached hydrogens (tertiary/aromatic N) is 2. The largest absolute Gasteiger partial charge is 0.508 e. The van der Waals surface area contributed by atoms with Crippen LogP contribution in [-0.4, -0.2) is 16.0 Å². The Bertz CT molecular complexity index is 1020. The summed E-state index contributed by atoms with van der Waals surface area (Å²) in [7, 11) is 0. The van der Waals surface area contributed by atoms with E-state index in [1.165, 1.54) is 0 Å². The summed E-state index contributed by atoms with van der Waals surface area (Å²) in [4.78, 5) is 0. The van der Waals surface area contributed by atoms with E-state index in [1.54, 1.807) is 18.2 Å². The van der Waals surface area contributed by atoms with Crippen molar-refractivity contribution in [2.24, 2.45) is 5.92 Å². The van der Waals surface area contributed by atoms with Gasteiger partial charge in [-0.3, -0.25) is 0 Å². The molecule has 1 aliphatic carbocycles. The van der Waals surface area contributed by atoms with E-state index in [2.05, 4.69) is 11.2 Å². The van der Waals surface area contributed by atoms with Gasteiger partial charge >= 0.3 is 0 Å². The van der Waals surface area contributed by atoms with Crippen LogP contribution in [0.25, 0.3) is 0 Å². The second-order valence-electron chi connectivity index (χ2n) is 6.52. The summed E-state index contributed by atoms with van der Waals surface area (Å²) in [6, 6.07) is 18.8. The molecule has 1 unspecified atom stereocenters. The smallest absolute Gasteiger partial charge is 0.153 e. The molecule has 0 spiro atoms. The average molecular weight is 343 g/mol. The normalized spacial score (nSPS) is 21.8. The van der Waals surface area contributed by atoms with Gasteiger partial charge < -0.3 is 15.0 Å². The molecule has 1 aromatic heterocycles. The maximum atomic E-state index is 9.88. The van der Waals surface area contributed by atoms with Crippen molar-refractivity contribution in [1.29, 1.82) is 10.7 Å². The first-order chi connectivity index (χ1) is 12.6. The summed E-state index contributed by atoms with van der Waals surface area (Å²) in [5, 5.41) is 32.6. The van der Waals surface area contributed by atoms with Crippen LogP contribution in [-0.2, 0) is 0 Å². The minimum atomic E-state index is -0.629. The third kappa shape index (κ3) is 2.39. The fourth-order valence-electron chi connectivity index (χ4n) is 3.85. The van der Waals surface area contributed by atoms with E-state index in [9.17, 15) is 10.4 Å². The topological polar surface area (TPSA) is 93.9 Å². The van der Waals surface area contributed by atoms with Gasteiger partial charge in [0.2, 0.25) is 0 Å². The van der Waals surface area contributed by atoms with Crippen LogP contribution in [0.2, 0.25) is 0 Å². The van der Waals surface area contributed by atoms with E-state index >= 15 is 0 Å². The number of hydrogen-bond donors (Lipinski definition) is 2. The number of hydrogen-bond acceptors (Lipinski definition) is 5. The molecule has 5 heteroatoms. The van der Waals surface area contributed by atoms with Gasteiger partial charge in [-0.2, -0.15) is 5.26 Å². The van der Waals surface area contributed by atoms with Crippen LogP contribution < -0.4 is 0 Å². The van der Waals surface area contributed by atoms with Crippen molar-refractivity contribution in [3.63, 3.8) is 0 Å². The van der Waals surface area contributed by atoms with E-state index in [0.29, 0.717) is 5.76 Å². The molecule has 0 fully saturated rings. The van der Waals surface area contributed by atoms with Gasteiger partial charge in [0, 0.05) is 17.2 Å². The zero-order valence-corrected chi connectivity index (χ0v) is 14.2. The molecule has 5 nitrogen and oxygen atoms in total. The molecule has 1 aliphatic rings. The SMILES string of the molecule is Cc1noc2c1[C@@H](c1ccccc1)C(C#N)C(=N)[C@H]2c1cccc(O)c1. The predicted molar refractivity (Wildman–Crippen MR) is 96.3 cm³/mol. The number of aryl methyl sites for hydroxylation is 1. The van der Waals surface area contributed by atoms with E-state index in [0.717, 1.165) is 22.4 Å². The van der Waals surface area contributed by atoms with Gasteiger partial charge in [-0.25, -0.2) is 0 Å². The molecule has 128 valence electrons. The lowest BCUT2D eigenvalue weighted by Crippen LogP contribution is -2.33. The number of nitrogens with one attached hydrogen (secondary N) is 1. The maximum absolute atomic E-state index is 9.88. The molecule has 2 N–H and O–H groups in total. The third-order valence-electron chi connectivity index (χ3n) is 4.99. The highest BCUT2D eigenvalue weighted by molar-refractivity contribution is 5.97. The van der Waals surface area contributed by atoms with Crippen LogP contribution in [0.3, 0.4) is 0 Å². The Morgan fingerprint density at radius 2 is 1.85 bits per heavy atom. The second-order valence-corrected chi connectivity index (χ2v) is 6.52. The van der Waals surface area contributed by atoms with Crippen LogP contribution in [0.5, 0.6) is 5.75 Å². The fourth-order valence-corrected chi connectivity index (χ4v) is 3.85. The lowest BCUT2D eigenvalue weighted by Gasteiger charge is -2.33. The van der Waals surface area contributed by atoms with Crippen LogP contribution in [0.1, 0.15) is 40.0 Å². The van der Waals surface area contributed by atoms with Gasteiger partial charge in [0.05, 0.1) is 23.6 Å². The minimum Gasteiger partial charge on any atom is -0.508 e. The lowest BCUT2D eigenvalue weighted by atomic mass is 9.67. The quantitative estimate of drug-likeness (QED) is 0.731. The number of rotatable bonds is 2. The van der Waals surface area contributed by atoms with Gasteiger partial charge in [0.15, 0.2) is 5.76 Å². The summed E-state index contributed by atoms with van der Waals surface area (Å²) in [5.41, 5.74) is 3.54. The van der Waals surface area contributed by atoms with Crippen LogP contribution in [0.15, 0.2) is 59.1 Å². The Kier molecular flexibility index (Phi) is 3.81. The molecule has 0 amide bonds. The molecule has 0 bridgehead atoms. The van der Waals surface area contributed by atoms with Crippen molar-refractivity contribution in [2.45, 2.75) is 18.8 Å². The number of nitriles is 1. The summed E-state index contributed by atoms with van der Waals surface area (Å²) in [5.74, 6) is -0.744. The van der Waals surface area contributed by atoms with Gasteiger partial charge in [-0.15, -0.1) is 0 Å². The molecule has 3 aromatic rings. The predicted octanol–water partition coefficient (Wildman–Crippen LogP) is 4.13. The first kappa shape index (κ1) is 16.1. The highest BCUT2D eigenvalue weighted by Gasteiger charge is 2.45. The summed E-state index contributed by atoms with van der Waals surface area (Å²) < 4.78 is 5.63. The van der Waals surface area contributed by atoms with E-state index < -0.39 is 11.8 Å². The van der Waals surface area contributed by atoms with Crippen molar-refractivity contribution in [1.82, 2.24) is 5.16 Å². The van der Waals surface area contributed by atoms with E-state index in [4.69, 9.17) is 9.93 Å². The molecule has 26 heavy (non-hydrogen) atoms. The Labute approximate surface area is 151 Å². The number of phenols is 1. The third-order valence-corrected chi connectivity index (χ3v) is 4.99. The number of fused-ring (bicyclic) bond motifs is 1. The summed E-state index contributed by atoms with van der Waals surface area (Å²) in [6.07, 6.45) is 0. The van der Waals surface area contributed by atoms with Crippen molar-refractivity contribution >= 4 is 5.71 Å². The number of aromatic nitrogens is 1. The first-order valence-electron chi connectivity index (χ1n) is 8.39. The molecule has 1 heterocycles. The van der Waals surface area contributed by atoms with Crippen molar-refractivity contribution < 1.29 is 9.63 Å². The zero-order valence-electron chi connectivity index (χ0n) is 14.2. The zero-order chi connectivity index (χ0) is 18.3. The summed E-state index contributed by atoms with van der Waals surface area (Å²) >= 11 is 0. The van der Waals surface area contributed by atoms with Gasteiger partial charge in [0.25, 0.3) is 0 Å².